The average molecular weight is 630 g/mol. The second-order valence-corrected chi connectivity index (χ2v) is 12.7. The molecule has 0 aliphatic heterocycles. The summed E-state index contributed by atoms with van der Waals surface area (Å²) >= 11 is 7.42. The van der Waals surface area contributed by atoms with E-state index in [1.54, 1.807) is 33.8 Å². The Morgan fingerprint density at radius 1 is 1.12 bits per heavy atom. The van der Waals surface area contributed by atoms with Gasteiger partial charge in [-0.25, -0.2) is 4.79 Å². The highest BCUT2D eigenvalue weighted by Gasteiger charge is 2.48. The molecule has 1 atom stereocenters. The maximum atomic E-state index is 13.0. The summed E-state index contributed by atoms with van der Waals surface area (Å²) in [5.74, 6) is -1.26. The third kappa shape index (κ3) is 11.1. The van der Waals surface area contributed by atoms with Crippen molar-refractivity contribution < 1.29 is 49.6 Å². The molecule has 1 heterocycles. The molecule has 1 unspecified atom stereocenters. The molecule has 2 aromatic rings. The molecule has 0 bridgehead atoms. The standard InChI is InChI=1S/C25H31ClF3NO8S2/c1-5-36-22(31)10-11-35-15-18(20-8-9-21(26)39-20)13-16-6-7-19(38-40(33,34)25(27,28)29)17(12-16)14-30-23(32)37-24(2,3)4/h6-9,12,18H,5,10-11,13-15H2,1-4H3,(H,30,32). The predicted molar refractivity (Wildman–Crippen MR) is 143 cm³/mol. The Labute approximate surface area is 240 Å². The Morgan fingerprint density at radius 3 is 2.40 bits per heavy atom. The maximum Gasteiger partial charge on any atom is 0.534 e. The van der Waals surface area contributed by atoms with E-state index in [1.807, 2.05) is 6.07 Å². The van der Waals surface area contributed by atoms with Crippen molar-refractivity contribution in [3.05, 3.63) is 50.7 Å². The normalized spacial score (nSPS) is 13.0. The molecule has 0 spiro atoms. The molecule has 0 saturated carbocycles. The number of carbonyl (C=O) groups is 2. The van der Waals surface area contributed by atoms with Crippen molar-refractivity contribution in [3.8, 4) is 5.75 Å². The van der Waals surface area contributed by atoms with Gasteiger partial charge in [0.2, 0.25) is 0 Å². The van der Waals surface area contributed by atoms with Gasteiger partial charge in [0.1, 0.15) is 11.4 Å². The van der Waals surface area contributed by atoms with E-state index in [-0.39, 0.29) is 44.3 Å². The Kier molecular flexibility index (Phi) is 12.1. The summed E-state index contributed by atoms with van der Waals surface area (Å²) in [5, 5.41) is 2.40. The molecular weight excluding hydrogens is 599 g/mol. The van der Waals surface area contributed by atoms with Crippen LogP contribution in [-0.4, -0.2) is 51.4 Å². The lowest BCUT2D eigenvalue weighted by atomic mass is 9.97. The quantitative estimate of drug-likeness (QED) is 0.125. The summed E-state index contributed by atoms with van der Waals surface area (Å²) in [6.45, 7) is 6.75. The number of carbonyl (C=O) groups excluding carboxylic acids is 2. The zero-order valence-electron chi connectivity index (χ0n) is 22.3. The number of benzene rings is 1. The van der Waals surface area contributed by atoms with Crippen LogP contribution in [0.2, 0.25) is 4.34 Å². The van der Waals surface area contributed by atoms with Gasteiger partial charge in [-0.3, -0.25) is 4.79 Å². The number of nitrogens with one attached hydrogen (secondary N) is 1. The number of thiophene rings is 1. The number of hydrogen-bond acceptors (Lipinski definition) is 9. The van der Waals surface area contributed by atoms with E-state index in [0.717, 1.165) is 10.9 Å². The Bertz CT molecular complexity index is 1260. The Balaban J connectivity index is 2.29. The lowest BCUT2D eigenvalue weighted by molar-refractivity contribution is -0.144. The molecule has 0 fully saturated rings. The number of amides is 1. The van der Waals surface area contributed by atoms with Gasteiger partial charge in [0.15, 0.2) is 0 Å². The van der Waals surface area contributed by atoms with Crippen molar-refractivity contribution in [2.45, 2.75) is 64.1 Å². The largest absolute Gasteiger partial charge is 0.534 e. The SMILES string of the molecule is CCOC(=O)CCOCC(Cc1ccc(OS(=O)(=O)C(F)(F)F)c(CNC(=O)OC(C)(C)C)c1)c1ccc(Cl)s1. The number of rotatable bonds is 13. The van der Waals surface area contributed by atoms with E-state index in [9.17, 15) is 31.2 Å². The van der Waals surface area contributed by atoms with Crippen LogP contribution in [0, 0.1) is 0 Å². The molecule has 1 N–H and O–H groups in total. The van der Waals surface area contributed by atoms with E-state index < -0.39 is 39.0 Å². The second-order valence-electron chi connectivity index (χ2n) is 9.45. The molecule has 0 radical (unpaired) electrons. The van der Waals surface area contributed by atoms with E-state index in [2.05, 4.69) is 9.50 Å². The van der Waals surface area contributed by atoms with E-state index in [1.165, 1.54) is 23.5 Å². The van der Waals surface area contributed by atoms with Crippen LogP contribution >= 0.6 is 22.9 Å². The minimum Gasteiger partial charge on any atom is -0.466 e. The van der Waals surface area contributed by atoms with Crippen molar-refractivity contribution >= 4 is 45.1 Å². The molecule has 1 aromatic heterocycles. The van der Waals surface area contributed by atoms with Crippen molar-refractivity contribution in [2.24, 2.45) is 0 Å². The van der Waals surface area contributed by atoms with Crippen molar-refractivity contribution in [1.29, 1.82) is 0 Å². The van der Waals surface area contributed by atoms with Crippen LogP contribution < -0.4 is 9.50 Å². The van der Waals surface area contributed by atoms with Gasteiger partial charge in [-0.15, -0.1) is 11.3 Å². The second kappa shape index (κ2) is 14.4. The number of esters is 1. The molecule has 0 aliphatic rings. The average Bonchev–Trinajstić information content (AvgIpc) is 3.25. The Hall–Kier alpha value is -2.55. The number of ether oxygens (including phenoxy) is 3. The highest BCUT2D eigenvalue weighted by atomic mass is 35.5. The first-order valence-electron chi connectivity index (χ1n) is 12.1. The smallest absolute Gasteiger partial charge is 0.466 e. The minimum absolute atomic E-state index is 0.0256. The predicted octanol–water partition coefficient (Wildman–Crippen LogP) is 5.95. The zero-order chi connectivity index (χ0) is 30.1. The first kappa shape index (κ1) is 33.7. The van der Waals surface area contributed by atoms with E-state index >= 15 is 0 Å². The summed E-state index contributed by atoms with van der Waals surface area (Å²) in [4.78, 5) is 24.6. The van der Waals surface area contributed by atoms with Gasteiger partial charge in [-0.1, -0.05) is 23.7 Å². The van der Waals surface area contributed by atoms with Crippen LogP contribution in [0.25, 0.3) is 0 Å². The third-order valence-electron chi connectivity index (χ3n) is 4.98. The van der Waals surface area contributed by atoms with Crippen LogP contribution in [0.3, 0.4) is 0 Å². The Morgan fingerprint density at radius 2 is 1.82 bits per heavy atom. The fraction of sp³-hybridized carbons (Fsp3) is 0.520. The van der Waals surface area contributed by atoms with Gasteiger partial charge >= 0.3 is 27.7 Å². The lowest BCUT2D eigenvalue weighted by Crippen LogP contribution is -2.32. The molecule has 224 valence electrons. The number of alkyl carbamates (subject to hydrolysis) is 1. The summed E-state index contributed by atoms with van der Waals surface area (Å²) in [7, 11) is -5.96. The highest BCUT2D eigenvalue weighted by Crippen LogP contribution is 2.33. The molecule has 1 amide bonds. The molecule has 9 nitrogen and oxygen atoms in total. The van der Waals surface area contributed by atoms with Crippen LogP contribution in [0.15, 0.2) is 30.3 Å². The molecule has 15 heteroatoms. The van der Waals surface area contributed by atoms with Gasteiger partial charge in [-0.2, -0.15) is 21.6 Å². The molecular formula is C25H31ClF3NO8S2. The molecule has 40 heavy (non-hydrogen) atoms. The highest BCUT2D eigenvalue weighted by molar-refractivity contribution is 7.88. The van der Waals surface area contributed by atoms with Gasteiger partial charge in [0.25, 0.3) is 0 Å². The van der Waals surface area contributed by atoms with E-state index in [4.69, 9.17) is 25.8 Å². The lowest BCUT2D eigenvalue weighted by Gasteiger charge is -2.21. The monoisotopic (exact) mass is 629 g/mol. The minimum atomic E-state index is -5.96. The molecule has 1 aromatic carbocycles. The fourth-order valence-corrected chi connectivity index (χ4v) is 4.95. The summed E-state index contributed by atoms with van der Waals surface area (Å²) in [5.41, 5.74) is -5.93. The maximum absolute atomic E-state index is 13.0. The van der Waals surface area contributed by atoms with Crippen LogP contribution in [0.4, 0.5) is 18.0 Å². The zero-order valence-corrected chi connectivity index (χ0v) is 24.7. The summed E-state index contributed by atoms with van der Waals surface area (Å²) in [6.07, 6.45) is -0.489. The number of halogens is 4. The van der Waals surface area contributed by atoms with Gasteiger partial charge in [-0.05, 0) is 57.9 Å². The summed E-state index contributed by atoms with van der Waals surface area (Å²) < 4.78 is 82.9. The van der Waals surface area contributed by atoms with Crippen molar-refractivity contribution in [1.82, 2.24) is 5.32 Å². The first-order chi connectivity index (χ1) is 18.5. The van der Waals surface area contributed by atoms with Gasteiger partial charge in [0, 0.05) is 22.9 Å². The van der Waals surface area contributed by atoms with Gasteiger partial charge < -0.3 is 23.7 Å². The van der Waals surface area contributed by atoms with Crippen molar-refractivity contribution in [2.75, 3.05) is 19.8 Å². The number of hydrogen-bond donors (Lipinski definition) is 1. The van der Waals surface area contributed by atoms with E-state index in [0.29, 0.717) is 16.3 Å². The molecule has 0 saturated heterocycles. The van der Waals surface area contributed by atoms with Crippen LogP contribution in [0.5, 0.6) is 5.75 Å². The van der Waals surface area contributed by atoms with Crippen molar-refractivity contribution in [3.63, 3.8) is 0 Å². The summed E-state index contributed by atoms with van der Waals surface area (Å²) in [6, 6.07) is 7.45. The number of alkyl halides is 3. The van der Waals surface area contributed by atoms with Gasteiger partial charge in [0.05, 0.1) is 30.6 Å². The topological polar surface area (TPSA) is 117 Å². The van der Waals surface area contributed by atoms with Crippen LogP contribution in [-0.2, 0) is 42.1 Å². The third-order valence-corrected chi connectivity index (χ3v) is 7.34. The molecule has 0 aliphatic carbocycles. The first-order valence-corrected chi connectivity index (χ1v) is 14.7. The fourth-order valence-electron chi connectivity index (χ4n) is 3.31. The molecule has 2 rings (SSSR count). The van der Waals surface area contributed by atoms with Crippen LogP contribution in [0.1, 0.15) is 56.0 Å².